The summed E-state index contributed by atoms with van der Waals surface area (Å²) in [7, 11) is 0. The first-order valence-electron chi connectivity index (χ1n) is 23.1. The van der Waals surface area contributed by atoms with Crippen LogP contribution in [0.25, 0.3) is 0 Å². The Morgan fingerprint density at radius 2 is 0.629 bits per heavy atom. The van der Waals surface area contributed by atoms with Crippen LogP contribution in [-0.4, -0.2) is 133 Å². The van der Waals surface area contributed by atoms with Crippen LogP contribution in [0.2, 0.25) is 0 Å². The second kappa shape index (κ2) is 25.3. The fraction of sp³-hybridized carbons (Fsp3) is 0.682. The Balaban J connectivity index is 2.71. The minimum atomic E-state index is -8.37. The van der Waals surface area contributed by atoms with E-state index in [-0.39, 0.29) is 17.7 Å². The maximum absolute atomic E-state index is 14.5. The Morgan fingerprint density at radius 1 is 0.360 bits per heavy atom. The molecule has 1 N–H and O–H groups in total. The van der Waals surface area contributed by atoms with E-state index in [1.54, 1.807) is 6.07 Å². The molecule has 0 saturated heterocycles. The van der Waals surface area contributed by atoms with E-state index in [1.165, 1.54) is 0 Å². The molecule has 514 valence electrons. The van der Waals surface area contributed by atoms with E-state index in [2.05, 4.69) is 0 Å². The van der Waals surface area contributed by atoms with Crippen molar-refractivity contribution in [3.63, 3.8) is 0 Å². The van der Waals surface area contributed by atoms with E-state index >= 15 is 0 Å². The highest BCUT2D eigenvalue weighted by atomic mass is 19.5. The van der Waals surface area contributed by atoms with Gasteiger partial charge in [-0.2, -0.15) is 176 Å². The predicted octanol–water partition coefficient (Wildman–Crippen LogP) is 18.7. The van der Waals surface area contributed by atoms with Crippen molar-refractivity contribution in [2.45, 2.75) is 165 Å². The van der Waals surface area contributed by atoms with Crippen LogP contribution in [0.1, 0.15) is 73.7 Å². The van der Waals surface area contributed by atoms with Gasteiger partial charge in [0.25, 0.3) is 5.91 Å². The molecule has 0 fully saturated rings. The molecule has 0 aliphatic rings. The summed E-state index contributed by atoms with van der Waals surface area (Å²) in [6.45, 7) is -4.66. The van der Waals surface area contributed by atoms with Gasteiger partial charge in [0.1, 0.15) is 0 Å². The Morgan fingerprint density at radius 3 is 0.899 bits per heavy atom. The normalized spacial score (nSPS) is 15.0. The van der Waals surface area contributed by atoms with Gasteiger partial charge in [0, 0.05) is 30.5 Å². The van der Waals surface area contributed by atoms with Gasteiger partial charge in [-0.05, 0) is 68.9 Å². The third-order valence-electron chi connectivity index (χ3n) is 11.9. The number of unbranched alkanes of at least 4 members (excludes halogenated alkanes) is 3. The van der Waals surface area contributed by atoms with Crippen LogP contribution in [0.5, 0.6) is 17.2 Å². The molecule has 0 unspecified atom stereocenters. The molecule has 0 aromatic heterocycles. The first-order chi connectivity index (χ1) is 39.3. The number of carbonyl (C=O) groups excluding carboxylic acids is 1. The number of carbonyl (C=O) groups is 1. The molecule has 0 radical (unpaired) electrons. The van der Waals surface area contributed by atoms with Crippen LogP contribution in [0.3, 0.4) is 0 Å². The molecule has 2 aromatic carbocycles. The topological polar surface area (TPSA) is 80.6 Å². The molecule has 0 aliphatic carbocycles. The zero-order valence-electron chi connectivity index (χ0n) is 42.3. The van der Waals surface area contributed by atoms with Crippen molar-refractivity contribution in [3.8, 4) is 23.3 Å². The average Bonchev–Trinajstić information content (AvgIpc) is 2.57. The molecule has 0 spiro atoms. The first kappa shape index (κ1) is 79.2. The number of nitrogens with one attached hydrogen (secondary N) is 1. The summed E-state index contributed by atoms with van der Waals surface area (Å²) in [6, 6.07) is 6.06. The number of alkyl halides is 39. The van der Waals surface area contributed by atoms with E-state index in [4.69, 9.17) is 19.5 Å². The smallest absolute Gasteiger partial charge is 0.460 e. The summed E-state index contributed by atoms with van der Waals surface area (Å²) in [5.74, 6) is -124. The summed E-state index contributed by atoms with van der Waals surface area (Å²) in [5, 5.41) is 11.1. The molecule has 2 rings (SSSR count). The van der Waals surface area contributed by atoms with Gasteiger partial charge in [-0.25, -0.2) is 0 Å². The van der Waals surface area contributed by atoms with Gasteiger partial charge in [-0.15, -0.1) is 0 Å². The number of nitriles is 1. The first-order valence-corrected chi connectivity index (χ1v) is 23.1. The molecular formula is C44H31F39N2O4. The maximum Gasteiger partial charge on any atom is 0.460 e. The molecule has 89 heavy (non-hydrogen) atoms. The second-order valence-electron chi connectivity index (χ2n) is 18.4. The third kappa shape index (κ3) is 14.3. The number of ether oxygens (including phenoxy) is 3. The van der Waals surface area contributed by atoms with Gasteiger partial charge in [-0.1, -0.05) is 6.07 Å². The number of hydrogen-bond donors (Lipinski definition) is 1. The second-order valence-corrected chi connectivity index (χ2v) is 18.4. The minimum Gasteiger partial charge on any atom is -0.490 e. The van der Waals surface area contributed by atoms with E-state index < -0.39 is 219 Å². The highest BCUT2D eigenvalue weighted by Gasteiger charge is 2.93. The molecule has 0 aliphatic heterocycles. The van der Waals surface area contributed by atoms with Crippen LogP contribution in [0, 0.1) is 11.3 Å². The van der Waals surface area contributed by atoms with Crippen molar-refractivity contribution in [2.75, 3.05) is 25.1 Å². The van der Waals surface area contributed by atoms with E-state index in [9.17, 15) is 176 Å². The molecule has 2 aromatic rings. The molecular weight excluding hydrogens is 1360 g/mol. The van der Waals surface area contributed by atoms with Crippen molar-refractivity contribution in [1.82, 2.24) is 0 Å². The Kier molecular flexibility index (Phi) is 22.5. The standard InChI is InChI=1S/C44H31F39N2O4/c45-27(46,30(51,52)33(57,58)36(63,64)39(69,70)42(75,76)77)10-1-4-13-87-23-17-21(26(86)85-22-9-7-8-20(16-22)19-84)18-24(88-14-5-2-11-28(47,48)31(53,54)34(59,60)37(65,66)40(71,72)43(78,79)80)25(23)89-15-6-3-12-29(49,50)32(55,56)35(61,62)38(67,68)41(73,74)44(81,82)83/h7-9,16-18H,1-6,10-15H2,(H,85,86). The summed E-state index contributed by atoms with van der Waals surface area (Å²) in [5.41, 5.74) is -1.73. The predicted molar refractivity (Wildman–Crippen MR) is 216 cm³/mol. The van der Waals surface area contributed by atoms with Gasteiger partial charge in [0.2, 0.25) is 5.75 Å². The van der Waals surface area contributed by atoms with E-state index in [0.717, 1.165) is 24.3 Å². The van der Waals surface area contributed by atoms with Gasteiger partial charge in [-0.3, -0.25) is 4.79 Å². The SMILES string of the molecule is N#Cc1cccc(NC(=O)c2cc(OCCCCC(F)(F)C(F)(F)C(F)(F)C(F)(F)C(F)(F)C(F)(F)F)c(OCCCCC(F)(F)C(F)(F)C(F)(F)C(F)(F)C(F)(F)C(F)(F)F)c(OCCCCC(F)(F)C(F)(F)C(F)(F)C(F)(F)C(F)(F)C(F)(F)F)c2)c1. The Hall–Kier alpha value is -5.93. The monoisotopic (exact) mass is 1390 g/mol. The fourth-order valence-electron chi connectivity index (χ4n) is 6.70. The van der Waals surface area contributed by atoms with Crippen molar-refractivity contribution < 1.29 is 190 Å². The lowest BCUT2D eigenvalue weighted by Crippen LogP contribution is -2.70. The van der Waals surface area contributed by atoms with Crippen LogP contribution in [0.4, 0.5) is 177 Å². The summed E-state index contributed by atoms with van der Waals surface area (Å²) < 4.78 is 547. The summed E-state index contributed by atoms with van der Waals surface area (Å²) in [4.78, 5) is 13.4. The highest BCUT2D eigenvalue weighted by molar-refractivity contribution is 6.05. The van der Waals surface area contributed by atoms with Gasteiger partial charge in [0.15, 0.2) is 11.5 Å². The number of anilines is 1. The van der Waals surface area contributed by atoms with Crippen LogP contribution >= 0.6 is 0 Å². The van der Waals surface area contributed by atoms with Gasteiger partial charge < -0.3 is 19.5 Å². The van der Waals surface area contributed by atoms with E-state index in [1.807, 2.05) is 5.32 Å². The van der Waals surface area contributed by atoms with Crippen molar-refractivity contribution >= 4 is 11.6 Å². The lowest BCUT2D eigenvalue weighted by molar-refractivity contribution is -0.440. The summed E-state index contributed by atoms with van der Waals surface area (Å²) in [6.07, 6.45) is -42.2. The van der Waals surface area contributed by atoms with Crippen molar-refractivity contribution in [2.24, 2.45) is 0 Å². The third-order valence-corrected chi connectivity index (χ3v) is 11.9. The van der Waals surface area contributed by atoms with Crippen molar-refractivity contribution in [1.29, 1.82) is 5.26 Å². The Bertz CT molecular complexity index is 2670. The number of nitrogens with zero attached hydrogens (tertiary/aromatic N) is 1. The molecule has 1 amide bonds. The molecule has 6 nitrogen and oxygen atoms in total. The van der Waals surface area contributed by atoms with Crippen LogP contribution in [0.15, 0.2) is 36.4 Å². The molecule has 45 heteroatoms. The quantitative estimate of drug-likeness (QED) is 0.0583. The molecule has 0 atom stereocenters. The largest absolute Gasteiger partial charge is 0.490 e. The zero-order valence-corrected chi connectivity index (χ0v) is 42.3. The fourth-order valence-corrected chi connectivity index (χ4v) is 6.70. The molecule has 0 bridgehead atoms. The highest BCUT2D eigenvalue weighted by Crippen LogP contribution is 2.64. The van der Waals surface area contributed by atoms with E-state index in [0.29, 0.717) is 0 Å². The Labute approximate surface area is 468 Å². The van der Waals surface area contributed by atoms with Gasteiger partial charge >= 0.3 is 107 Å². The molecule has 0 saturated carbocycles. The van der Waals surface area contributed by atoms with Crippen LogP contribution < -0.4 is 19.5 Å². The number of halogens is 39. The maximum atomic E-state index is 14.5. The number of benzene rings is 2. The zero-order chi connectivity index (χ0) is 70.3. The van der Waals surface area contributed by atoms with Crippen molar-refractivity contribution in [3.05, 3.63) is 47.5 Å². The lowest BCUT2D eigenvalue weighted by Gasteiger charge is -2.39. The number of rotatable bonds is 32. The van der Waals surface area contributed by atoms with Gasteiger partial charge in [0.05, 0.1) is 31.5 Å². The number of amides is 1. The summed E-state index contributed by atoms with van der Waals surface area (Å²) >= 11 is 0. The average molecular weight is 1390 g/mol. The molecule has 0 heterocycles. The number of hydrogen-bond acceptors (Lipinski definition) is 5. The van der Waals surface area contributed by atoms with Crippen LogP contribution in [-0.2, 0) is 0 Å². The minimum absolute atomic E-state index is 0.268. The lowest BCUT2D eigenvalue weighted by atomic mass is 9.92.